The zero-order chi connectivity index (χ0) is 12.3. The van der Waals surface area contributed by atoms with Gasteiger partial charge < -0.3 is 4.74 Å². The predicted molar refractivity (Wildman–Crippen MR) is 76.1 cm³/mol. The van der Waals surface area contributed by atoms with Crippen molar-refractivity contribution in [3.05, 3.63) is 51.7 Å². The largest absolute Gasteiger partial charge is 0.455 e. The van der Waals surface area contributed by atoms with E-state index in [9.17, 15) is 0 Å². The fourth-order valence-electron chi connectivity index (χ4n) is 1.31. The van der Waals surface area contributed by atoms with Gasteiger partial charge in [-0.25, -0.2) is 0 Å². The summed E-state index contributed by atoms with van der Waals surface area (Å²) in [5, 5.41) is 1.28. The standard InChI is InChI=1S/C12H8Br2ClNO/c13-5-8-1-2-9(14)3-12(8)17-11-4-10(15)6-16-7-11/h1-4,6-7H,5H2. The molecule has 0 aliphatic carbocycles. The van der Waals surface area contributed by atoms with Crippen molar-refractivity contribution in [1.29, 1.82) is 0 Å². The number of pyridine rings is 1. The Morgan fingerprint density at radius 3 is 2.76 bits per heavy atom. The fraction of sp³-hybridized carbons (Fsp3) is 0.0833. The van der Waals surface area contributed by atoms with Gasteiger partial charge in [0.1, 0.15) is 11.5 Å². The van der Waals surface area contributed by atoms with Crippen LogP contribution in [-0.4, -0.2) is 4.98 Å². The highest BCUT2D eigenvalue weighted by Crippen LogP contribution is 2.30. The molecule has 1 aromatic heterocycles. The third-order valence-corrected chi connectivity index (χ3v) is 3.38. The van der Waals surface area contributed by atoms with Gasteiger partial charge in [-0.15, -0.1) is 0 Å². The minimum Gasteiger partial charge on any atom is -0.455 e. The molecular weight excluding hydrogens is 369 g/mol. The van der Waals surface area contributed by atoms with Crippen LogP contribution in [0.25, 0.3) is 0 Å². The van der Waals surface area contributed by atoms with E-state index in [1.807, 2.05) is 18.2 Å². The first-order valence-corrected chi connectivity index (χ1v) is 7.11. The number of aromatic nitrogens is 1. The van der Waals surface area contributed by atoms with E-state index < -0.39 is 0 Å². The topological polar surface area (TPSA) is 22.1 Å². The van der Waals surface area contributed by atoms with Crippen LogP contribution in [0, 0.1) is 0 Å². The van der Waals surface area contributed by atoms with Crippen LogP contribution in [0.2, 0.25) is 5.02 Å². The first-order valence-electron chi connectivity index (χ1n) is 4.82. The van der Waals surface area contributed by atoms with E-state index in [1.54, 1.807) is 18.5 Å². The second-order valence-corrected chi connectivity index (χ2v) is 5.24. The molecule has 2 aromatic rings. The number of nitrogens with zero attached hydrogens (tertiary/aromatic N) is 1. The molecule has 0 N–H and O–H groups in total. The van der Waals surface area contributed by atoms with Crippen LogP contribution in [0.3, 0.4) is 0 Å². The minimum atomic E-state index is 0.554. The van der Waals surface area contributed by atoms with Crippen LogP contribution in [0.5, 0.6) is 11.5 Å². The first kappa shape index (κ1) is 12.9. The Balaban J connectivity index is 2.32. The van der Waals surface area contributed by atoms with Gasteiger partial charge in [-0.1, -0.05) is 49.5 Å². The van der Waals surface area contributed by atoms with Crippen LogP contribution in [0.15, 0.2) is 41.1 Å². The van der Waals surface area contributed by atoms with Gasteiger partial charge in [-0.3, -0.25) is 4.98 Å². The SMILES string of the molecule is Clc1cncc(Oc2cc(Br)ccc2CBr)c1. The van der Waals surface area contributed by atoms with Gasteiger partial charge in [0.05, 0.1) is 11.2 Å². The van der Waals surface area contributed by atoms with Crippen LogP contribution in [0.1, 0.15) is 5.56 Å². The maximum atomic E-state index is 5.85. The Kier molecular flexibility index (Phi) is 4.42. The van der Waals surface area contributed by atoms with Crippen LogP contribution in [0.4, 0.5) is 0 Å². The number of halogens is 3. The number of ether oxygens (including phenoxy) is 1. The Morgan fingerprint density at radius 1 is 1.24 bits per heavy atom. The molecule has 1 heterocycles. The van der Waals surface area contributed by atoms with E-state index in [4.69, 9.17) is 16.3 Å². The lowest BCUT2D eigenvalue weighted by atomic mass is 10.2. The van der Waals surface area contributed by atoms with Crippen LogP contribution < -0.4 is 4.74 Å². The zero-order valence-corrected chi connectivity index (χ0v) is 12.6. The minimum absolute atomic E-state index is 0.554. The Bertz CT molecular complexity index is 534. The van der Waals surface area contributed by atoms with Gasteiger partial charge in [0.25, 0.3) is 0 Å². The lowest BCUT2D eigenvalue weighted by molar-refractivity contribution is 0.476. The summed E-state index contributed by atoms with van der Waals surface area (Å²) in [7, 11) is 0. The summed E-state index contributed by atoms with van der Waals surface area (Å²) >= 11 is 12.7. The number of hydrogen-bond acceptors (Lipinski definition) is 2. The van der Waals surface area contributed by atoms with Crippen molar-refractivity contribution in [2.24, 2.45) is 0 Å². The maximum Gasteiger partial charge on any atom is 0.147 e. The van der Waals surface area contributed by atoms with E-state index in [1.165, 1.54) is 0 Å². The van der Waals surface area contributed by atoms with E-state index in [0.29, 0.717) is 10.8 Å². The maximum absolute atomic E-state index is 5.85. The second kappa shape index (κ2) is 5.85. The molecule has 0 atom stereocenters. The van der Waals surface area contributed by atoms with Crippen molar-refractivity contribution in [2.45, 2.75) is 5.33 Å². The normalized spacial score (nSPS) is 10.3. The van der Waals surface area contributed by atoms with Crippen LogP contribution in [-0.2, 0) is 5.33 Å². The van der Waals surface area contributed by atoms with Gasteiger partial charge in [0.2, 0.25) is 0 Å². The lowest BCUT2D eigenvalue weighted by Crippen LogP contribution is -1.90. The van der Waals surface area contributed by atoms with Crippen LogP contribution >= 0.6 is 43.5 Å². The van der Waals surface area contributed by atoms with Crippen molar-refractivity contribution in [3.8, 4) is 11.5 Å². The number of rotatable bonds is 3. The highest BCUT2D eigenvalue weighted by atomic mass is 79.9. The first-order chi connectivity index (χ1) is 8.19. The molecule has 5 heteroatoms. The molecular formula is C12H8Br2ClNO. The molecule has 0 fully saturated rings. The van der Waals surface area contributed by atoms with E-state index in [-0.39, 0.29) is 0 Å². The third kappa shape index (κ3) is 3.44. The quantitative estimate of drug-likeness (QED) is 0.687. The fourth-order valence-corrected chi connectivity index (χ4v) is 2.28. The molecule has 0 saturated heterocycles. The molecule has 0 spiro atoms. The van der Waals surface area contributed by atoms with Crippen molar-refractivity contribution in [2.75, 3.05) is 0 Å². The van der Waals surface area contributed by atoms with Crippen molar-refractivity contribution in [3.63, 3.8) is 0 Å². The molecule has 0 aliphatic heterocycles. The molecule has 0 bridgehead atoms. The molecule has 2 nitrogen and oxygen atoms in total. The van der Waals surface area contributed by atoms with Gasteiger partial charge in [-0.05, 0) is 12.1 Å². The Morgan fingerprint density at radius 2 is 2.06 bits per heavy atom. The molecule has 0 unspecified atom stereocenters. The number of hydrogen-bond donors (Lipinski definition) is 0. The highest BCUT2D eigenvalue weighted by molar-refractivity contribution is 9.10. The number of alkyl halides is 1. The molecule has 88 valence electrons. The summed E-state index contributed by atoms with van der Waals surface area (Å²) in [5.41, 5.74) is 1.06. The lowest BCUT2D eigenvalue weighted by Gasteiger charge is -2.09. The summed E-state index contributed by atoms with van der Waals surface area (Å²) < 4.78 is 6.72. The highest BCUT2D eigenvalue weighted by Gasteiger charge is 2.05. The van der Waals surface area contributed by atoms with Crippen molar-refractivity contribution >= 4 is 43.5 Å². The third-order valence-electron chi connectivity index (χ3n) is 2.08. The average Bonchev–Trinajstić information content (AvgIpc) is 2.29. The Labute approximate surface area is 121 Å². The summed E-state index contributed by atoms with van der Waals surface area (Å²) in [6, 6.07) is 7.61. The summed E-state index contributed by atoms with van der Waals surface area (Å²) in [5.74, 6) is 1.40. The molecule has 0 amide bonds. The van der Waals surface area contributed by atoms with Crippen molar-refractivity contribution in [1.82, 2.24) is 4.98 Å². The Hall–Kier alpha value is -0.580. The molecule has 0 radical (unpaired) electrons. The smallest absolute Gasteiger partial charge is 0.147 e. The van der Waals surface area contributed by atoms with E-state index in [2.05, 4.69) is 36.8 Å². The monoisotopic (exact) mass is 375 g/mol. The van der Waals surface area contributed by atoms with Gasteiger partial charge >= 0.3 is 0 Å². The van der Waals surface area contributed by atoms with Crippen molar-refractivity contribution < 1.29 is 4.74 Å². The molecule has 2 rings (SSSR count). The van der Waals surface area contributed by atoms with Gasteiger partial charge in [-0.2, -0.15) is 0 Å². The molecule has 1 aromatic carbocycles. The molecule has 0 aliphatic rings. The van der Waals surface area contributed by atoms with E-state index in [0.717, 1.165) is 21.1 Å². The zero-order valence-electron chi connectivity index (χ0n) is 8.66. The van der Waals surface area contributed by atoms with E-state index >= 15 is 0 Å². The molecule has 17 heavy (non-hydrogen) atoms. The second-order valence-electron chi connectivity index (χ2n) is 3.33. The van der Waals surface area contributed by atoms with Gasteiger partial charge in [0.15, 0.2) is 0 Å². The predicted octanol–water partition coefficient (Wildman–Crippen LogP) is 5.18. The average molecular weight is 377 g/mol. The molecule has 0 saturated carbocycles. The van der Waals surface area contributed by atoms with Gasteiger partial charge in [0, 0.05) is 27.6 Å². The number of benzene rings is 1. The summed E-state index contributed by atoms with van der Waals surface area (Å²) in [4.78, 5) is 3.98. The summed E-state index contributed by atoms with van der Waals surface area (Å²) in [6.07, 6.45) is 3.20. The summed E-state index contributed by atoms with van der Waals surface area (Å²) in [6.45, 7) is 0.